The van der Waals surface area contributed by atoms with Crippen LogP contribution in [0.5, 0.6) is 0 Å². The zero-order chi connectivity index (χ0) is 15.8. The molecule has 0 unspecified atom stereocenters. The lowest BCUT2D eigenvalue weighted by Crippen LogP contribution is -2.14. The van der Waals surface area contributed by atoms with Gasteiger partial charge in [-0.2, -0.15) is 0 Å². The van der Waals surface area contributed by atoms with Crippen molar-refractivity contribution in [2.75, 3.05) is 0 Å². The van der Waals surface area contributed by atoms with Gasteiger partial charge in [0, 0.05) is 46.3 Å². The lowest BCUT2D eigenvalue weighted by Gasteiger charge is -2.08. The van der Waals surface area contributed by atoms with E-state index in [1.807, 2.05) is 12.1 Å². The van der Waals surface area contributed by atoms with Crippen LogP contribution in [0.15, 0.2) is 48.7 Å². The maximum Gasteiger partial charge on any atom is 0.0491 e. The molecule has 0 saturated heterocycles. The predicted molar refractivity (Wildman–Crippen MR) is 105 cm³/mol. The molecule has 0 amide bonds. The summed E-state index contributed by atoms with van der Waals surface area (Å²) in [6.07, 6.45) is 4.85. The van der Waals surface area contributed by atoms with Gasteiger partial charge in [-0.25, -0.2) is 0 Å². The van der Waals surface area contributed by atoms with Crippen LogP contribution in [0.1, 0.15) is 24.0 Å². The largest absolute Gasteiger partial charge is 0.343 e. The molecule has 126 valence electrons. The molecule has 1 aromatic heterocycles. The van der Waals surface area contributed by atoms with Crippen LogP contribution < -0.4 is 5.32 Å². The van der Waals surface area contributed by atoms with Crippen LogP contribution in [0, 0.1) is 0 Å². The van der Waals surface area contributed by atoms with Gasteiger partial charge in [0.2, 0.25) is 0 Å². The number of benzene rings is 2. The Balaban J connectivity index is 0.00000169. The summed E-state index contributed by atoms with van der Waals surface area (Å²) in [6.45, 7) is 1.67. The summed E-state index contributed by atoms with van der Waals surface area (Å²) >= 11 is 12.3. The Morgan fingerprint density at radius 2 is 1.83 bits per heavy atom. The Morgan fingerprint density at radius 1 is 1.04 bits per heavy atom. The third-order valence-corrected chi connectivity index (χ3v) is 4.97. The first-order valence-corrected chi connectivity index (χ1v) is 8.70. The molecule has 0 atom stereocenters. The second kappa shape index (κ2) is 7.37. The van der Waals surface area contributed by atoms with E-state index in [9.17, 15) is 0 Å². The maximum atomic E-state index is 6.34. The van der Waals surface area contributed by atoms with E-state index in [1.165, 1.54) is 29.3 Å². The van der Waals surface area contributed by atoms with Crippen LogP contribution in [0.3, 0.4) is 0 Å². The molecule has 5 heteroatoms. The van der Waals surface area contributed by atoms with E-state index in [0.717, 1.165) is 18.7 Å². The number of nitrogens with zero attached hydrogens (tertiary/aromatic N) is 1. The molecule has 4 rings (SSSR count). The van der Waals surface area contributed by atoms with Crippen molar-refractivity contribution in [2.45, 2.75) is 32.0 Å². The Kier molecular flexibility index (Phi) is 5.41. The highest BCUT2D eigenvalue weighted by Gasteiger charge is 2.20. The molecule has 1 aliphatic rings. The van der Waals surface area contributed by atoms with Crippen LogP contribution in [0.2, 0.25) is 10.0 Å². The fraction of sp³-hybridized carbons (Fsp3) is 0.263. The fourth-order valence-electron chi connectivity index (χ4n) is 2.97. The molecule has 0 radical (unpaired) electrons. The summed E-state index contributed by atoms with van der Waals surface area (Å²) in [5.74, 6) is 0. The number of hydrogen-bond acceptors (Lipinski definition) is 1. The third-order valence-electron chi connectivity index (χ3n) is 4.39. The number of rotatable bonds is 5. The van der Waals surface area contributed by atoms with Crippen molar-refractivity contribution in [2.24, 2.45) is 0 Å². The van der Waals surface area contributed by atoms with Crippen molar-refractivity contribution in [1.29, 1.82) is 0 Å². The van der Waals surface area contributed by atoms with Crippen LogP contribution >= 0.6 is 35.6 Å². The summed E-state index contributed by atoms with van der Waals surface area (Å²) in [7, 11) is 0. The molecule has 2 nitrogen and oxygen atoms in total. The highest BCUT2D eigenvalue weighted by Crippen LogP contribution is 2.27. The van der Waals surface area contributed by atoms with E-state index in [4.69, 9.17) is 23.2 Å². The SMILES string of the molecule is Cl.Clc1ccc(Cn2cc(CNC3CC3)c3ccccc32)c(Cl)c1. The van der Waals surface area contributed by atoms with E-state index in [0.29, 0.717) is 16.1 Å². The van der Waals surface area contributed by atoms with Crippen molar-refractivity contribution in [1.82, 2.24) is 9.88 Å². The van der Waals surface area contributed by atoms with Crippen LogP contribution in [0.4, 0.5) is 0 Å². The minimum Gasteiger partial charge on any atom is -0.343 e. The van der Waals surface area contributed by atoms with Crippen LogP contribution in [-0.4, -0.2) is 10.6 Å². The average Bonchev–Trinajstić information content (AvgIpc) is 3.31. The van der Waals surface area contributed by atoms with Gasteiger partial charge in [0.15, 0.2) is 0 Å². The molecule has 1 saturated carbocycles. The Labute approximate surface area is 158 Å². The minimum atomic E-state index is 0. The Bertz CT molecular complexity index is 853. The monoisotopic (exact) mass is 380 g/mol. The van der Waals surface area contributed by atoms with Gasteiger partial charge in [0.1, 0.15) is 0 Å². The normalized spacial score (nSPS) is 13.9. The lowest BCUT2D eigenvalue weighted by atomic mass is 10.2. The highest BCUT2D eigenvalue weighted by molar-refractivity contribution is 6.35. The number of para-hydroxylation sites is 1. The average molecular weight is 382 g/mol. The molecule has 1 fully saturated rings. The quantitative estimate of drug-likeness (QED) is 0.602. The highest BCUT2D eigenvalue weighted by atomic mass is 35.5. The minimum absolute atomic E-state index is 0. The fourth-order valence-corrected chi connectivity index (χ4v) is 3.44. The van der Waals surface area contributed by atoms with Gasteiger partial charge in [0.25, 0.3) is 0 Å². The molecule has 1 heterocycles. The van der Waals surface area contributed by atoms with Gasteiger partial charge in [-0.1, -0.05) is 47.5 Å². The first kappa shape index (κ1) is 17.6. The molecule has 24 heavy (non-hydrogen) atoms. The van der Waals surface area contributed by atoms with Crippen molar-refractivity contribution >= 4 is 46.5 Å². The van der Waals surface area contributed by atoms with Gasteiger partial charge in [-0.15, -0.1) is 12.4 Å². The van der Waals surface area contributed by atoms with Gasteiger partial charge in [-0.3, -0.25) is 0 Å². The smallest absolute Gasteiger partial charge is 0.0491 e. The van der Waals surface area contributed by atoms with Crippen molar-refractivity contribution in [3.05, 3.63) is 69.8 Å². The Hall–Kier alpha value is -1.19. The number of nitrogens with one attached hydrogen (secondary N) is 1. The number of hydrogen-bond donors (Lipinski definition) is 1. The zero-order valence-corrected chi connectivity index (χ0v) is 15.5. The molecular formula is C19H19Cl3N2. The van der Waals surface area contributed by atoms with Gasteiger partial charge in [-0.05, 0) is 42.2 Å². The van der Waals surface area contributed by atoms with E-state index in [1.54, 1.807) is 6.07 Å². The first-order valence-electron chi connectivity index (χ1n) is 7.95. The summed E-state index contributed by atoms with van der Waals surface area (Å²) in [6, 6.07) is 15.0. The first-order chi connectivity index (χ1) is 11.2. The van der Waals surface area contributed by atoms with E-state index in [2.05, 4.69) is 40.3 Å². The number of aromatic nitrogens is 1. The summed E-state index contributed by atoms with van der Waals surface area (Å²) < 4.78 is 2.27. The van der Waals surface area contributed by atoms with Crippen LogP contribution in [-0.2, 0) is 13.1 Å². The summed E-state index contributed by atoms with van der Waals surface area (Å²) in [4.78, 5) is 0. The zero-order valence-electron chi connectivity index (χ0n) is 13.1. The molecule has 1 aliphatic carbocycles. The molecular weight excluding hydrogens is 363 g/mol. The maximum absolute atomic E-state index is 6.34. The second-order valence-corrected chi connectivity index (χ2v) is 7.03. The molecule has 1 N–H and O–H groups in total. The van der Waals surface area contributed by atoms with E-state index >= 15 is 0 Å². The van der Waals surface area contributed by atoms with Gasteiger partial charge >= 0.3 is 0 Å². The number of fused-ring (bicyclic) bond motifs is 1. The van der Waals surface area contributed by atoms with E-state index < -0.39 is 0 Å². The summed E-state index contributed by atoms with van der Waals surface area (Å²) in [5.41, 5.74) is 3.67. The second-order valence-electron chi connectivity index (χ2n) is 6.19. The van der Waals surface area contributed by atoms with Gasteiger partial charge in [0.05, 0.1) is 0 Å². The van der Waals surface area contributed by atoms with Crippen molar-refractivity contribution < 1.29 is 0 Å². The van der Waals surface area contributed by atoms with Crippen LogP contribution in [0.25, 0.3) is 10.9 Å². The Morgan fingerprint density at radius 3 is 2.58 bits per heavy atom. The lowest BCUT2D eigenvalue weighted by molar-refractivity contribution is 0.687. The standard InChI is InChI=1S/C19H18Cl2N2.ClH/c20-15-6-5-13(18(21)9-15)11-23-12-14(10-22-16-7-8-16)17-3-1-2-4-19(17)23;/h1-6,9,12,16,22H,7-8,10-11H2;1H. The van der Waals surface area contributed by atoms with Crippen molar-refractivity contribution in [3.63, 3.8) is 0 Å². The van der Waals surface area contributed by atoms with Gasteiger partial charge < -0.3 is 9.88 Å². The topological polar surface area (TPSA) is 17.0 Å². The molecule has 0 bridgehead atoms. The third kappa shape index (κ3) is 3.73. The number of halogens is 3. The molecule has 0 aliphatic heterocycles. The summed E-state index contributed by atoms with van der Waals surface area (Å²) in [5, 5.41) is 6.30. The van der Waals surface area contributed by atoms with E-state index in [-0.39, 0.29) is 12.4 Å². The molecule has 2 aromatic carbocycles. The molecule has 3 aromatic rings. The predicted octanol–water partition coefficient (Wildman–Crippen LogP) is 5.67. The molecule has 0 spiro atoms. The van der Waals surface area contributed by atoms with Crippen molar-refractivity contribution in [3.8, 4) is 0 Å².